The van der Waals surface area contributed by atoms with Gasteiger partial charge in [-0.15, -0.1) is 0 Å². The zero-order valence-corrected chi connectivity index (χ0v) is 13.7. The maximum Gasteiger partial charge on any atom is 0.324 e. The third kappa shape index (κ3) is 6.44. The van der Waals surface area contributed by atoms with Crippen molar-refractivity contribution in [3.05, 3.63) is 29.8 Å². The van der Waals surface area contributed by atoms with Crippen LogP contribution in [0.4, 0.5) is 0 Å². The van der Waals surface area contributed by atoms with Crippen LogP contribution in [0.15, 0.2) is 24.3 Å². The number of sulfonamides is 1. The number of aromatic hydroxyl groups is 1. The van der Waals surface area contributed by atoms with Crippen molar-refractivity contribution < 1.29 is 23.1 Å². The maximum absolute atomic E-state index is 12.0. The van der Waals surface area contributed by atoms with Gasteiger partial charge in [0, 0.05) is 0 Å². The van der Waals surface area contributed by atoms with E-state index in [1.54, 1.807) is 19.1 Å². The van der Waals surface area contributed by atoms with E-state index in [-0.39, 0.29) is 24.5 Å². The molecule has 22 heavy (non-hydrogen) atoms. The van der Waals surface area contributed by atoms with Crippen molar-refractivity contribution in [3.8, 4) is 5.75 Å². The third-order valence-corrected chi connectivity index (χ3v) is 4.51. The van der Waals surface area contributed by atoms with Gasteiger partial charge < -0.3 is 9.84 Å². The number of phenols is 1. The highest BCUT2D eigenvalue weighted by atomic mass is 32.2. The van der Waals surface area contributed by atoms with E-state index in [0.29, 0.717) is 6.42 Å². The summed E-state index contributed by atoms with van der Waals surface area (Å²) in [4.78, 5) is 12.0. The fraction of sp³-hybridized carbons (Fsp3) is 0.533. The zero-order chi connectivity index (χ0) is 16.6. The maximum atomic E-state index is 12.0. The van der Waals surface area contributed by atoms with E-state index in [1.165, 1.54) is 12.1 Å². The number of phenolic OH excluding ortho intramolecular Hbond substituents is 1. The van der Waals surface area contributed by atoms with Crippen LogP contribution in [0, 0.1) is 0 Å². The highest BCUT2D eigenvalue weighted by Crippen LogP contribution is 2.12. The Morgan fingerprint density at radius 1 is 1.27 bits per heavy atom. The Bertz CT molecular complexity index is 568. The second-order valence-corrected chi connectivity index (χ2v) is 6.84. The molecule has 0 spiro atoms. The number of unbranched alkanes of at least 4 members (excludes halogenated alkanes) is 1. The SMILES string of the molecule is CCCCS(=O)(=O)NC(Cc1ccc(O)cc1)C(=O)OCC. The summed E-state index contributed by atoms with van der Waals surface area (Å²) in [6.45, 7) is 3.75. The first kappa shape index (κ1) is 18.4. The highest BCUT2D eigenvalue weighted by molar-refractivity contribution is 7.89. The van der Waals surface area contributed by atoms with Gasteiger partial charge >= 0.3 is 5.97 Å². The second-order valence-electron chi connectivity index (χ2n) is 4.97. The molecule has 0 radical (unpaired) electrons. The van der Waals surface area contributed by atoms with E-state index in [4.69, 9.17) is 4.74 Å². The lowest BCUT2D eigenvalue weighted by Crippen LogP contribution is -2.44. The lowest BCUT2D eigenvalue weighted by molar-refractivity contribution is -0.145. The average Bonchev–Trinajstić information content (AvgIpc) is 2.47. The van der Waals surface area contributed by atoms with Crippen molar-refractivity contribution in [3.63, 3.8) is 0 Å². The molecule has 0 saturated carbocycles. The number of hydrogen-bond acceptors (Lipinski definition) is 5. The van der Waals surface area contributed by atoms with Gasteiger partial charge in [0.2, 0.25) is 10.0 Å². The molecule has 7 heteroatoms. The minimum Gasteiger partial charge on any atom is -0.508 e. The van der Waals surface area contributed by atoms with Crippen LogP contribution >= 0.6 is 0 Å². The van der Waals surface area contributed by atoms with Crippen LogP contribution in [-0.4, -0.2) is 37.9 Å². The van der Waals surface area contributed by atoms with Crippen LogP contribution < -0.4 is 4.72 Å². The molecule has 0 aliphatic carbocycles. The Hall–Kier alpha value is -1.60. The van der Waals surface area contributed by atoms with Crippen molar-refractivity contribution in [2.24, 2.45) is 0 Å². The van der Waals surface area contributed by atoms with Gasteiger partial charge in [-0.2, -0.15) is 0 Å². The van der Waals surface area contributed by atoms with Crippen molar-refractivity contribution >= 4 is 16.0 Å². The van der Waals surface area contributed by atoms with E-state index < -0.39 is 22.0 Å². The molecule has 124 valence electrons. The van der Waals surface area contributed by atoms with Crippen LogP contribution in [0.2, 0.25) is 0 Å². The van der Waals surface area contributed by atoms with E-state index >= 15 is 0 Å². The van der Waals surface area contributed by atoms with Gasteiger partial charge in [0.1, 0.15) is 11.8 Å². The van der Waals surface area contributed by atoms with Crippen LogP contribution in [0.5, 0.6) is 5.75 Å². The molecule has 0 aromatic heterocycles. The molecule has 1 aromatic carbocycles. The highest BCUT2D eigenvalue weighted by Gasteiger charge is 2.25. The zero-order valence-electron chi connectivity index (χ0n) is 12.9. The van der Waals surface area contributed by atoms with Crippen molar-refractivity contribution in [2.75, 3.05) is 12.4 Å². The molecule has 0 heterocycles. The standard InChI is InChI=1S/C15H23NO5S/c1-3-5-10-22(19,20)16-14(15(18)21-4-2)11-12-6-8-13(17)9-7-12/h6-9,14,16-17H,3-5,10-11H2,1-2H3. The number of rotatable bonds is 9. The average molecular weight is 329 g/mol. The summed E-state index contributed by atoms with van der Waals surface area (Å²) >= 11 is 0. The van der Waals surface area contributed by atoms with Crippen LogP contribution in [-0.2, 0) is 26.0 Å². The predicted octanol–water partition coefficient (Wildman–Crippen LogP) is 1.59. The number of ether oxygens (including phenoxy) is 1. The predicted molar refractivity (Wildman–Crippen MR) is 84.1 cm³/mol. The number of nitrogens with one attached hydrogen (secondary N) is 1. The summed E-state index contributed by atoms with van der Waals surface area (Å²) in [5.41, 5.74) is 0.731. The fourth-order valence-electron chi connectivity index (χ4n) is 1.89. The minimum atomic E-state index is -3.53. The van der Waals surface area contributed by atoms with Gasteiger partial charge in [-0.25, -0.2) is 13.1 Å². The molecule has 0 aliphatic rings. The largest absolute Gasteiger partial charge is 0.508 e. The van der Waals surface area contributed by atoms with E-state index in [9.17, 15) is 18.3 Å². The summed E-state index contributed by atoms with van der Waals surface area (Å²) in [6.07, 6.45) is 1.46. The smallest absolute Gasteiger partial charge is 0.324 e. The van der Waals surface area contributed by atoms with E-state index in [1.807, 2.05) is 6.92 Å². The summed E-state index contributed by atoms with van der Waals surface area (Å²) in [6, 6.07) is 5.29. The molecule has 6 nitrogen and oxygen atoms in total. The lowest BCUT2D eigenvalue weighted by Gasteiger charge is -2.17. The molecular weight excluding hydrogens is 306 g/mol. The summed E-state index contributed by atoms with van der Waals surface area (Å²) < 4.78 is 31.3. The van der Waals surface area contributed by atoms with Gasteiger partial charge in [0.05, 0.1) is 12.4 Å². The Labute approximate surface area is 131 Å². The van der Waals surface area contributed by atoms with Gasteiger partial charge in [0.15, 0.2) is 0 Å². The van der Waals surface area contributed by atoms with Crippen LogP contribution in [0.1, 0.15) is 32.3 Å². The van der Waals surface area contributed by atoms with Gasteiger partial charge in [-0.1, -0.05) is 25.5 Å². The van der Waals surface area contributed by atoms with Gasteiger partial charge in [-0.3, -0.25) is 4.79 Å². The number of esters is 1. The Balaban J connectivity index is 2.84. The van der Waals surface area contributed by atoms with Crippen molar-refractivity contribution in [1.82, 2.24) is 4.72 Å². The lowest BCUT2D eigenvalue weighted by atomic mass is 10.1. The van der Waals surface area contributed by atoms with Crippen LogP contribution in [0.3, 0.4) is 0 Å². The first-order valence-electron chi connectivity index (χ1n) is 7.32. The molecule has 1 atom stereocenters. The summed E-state index contributed by atoms with van der Waals surface area (Å²) in [7, 11) is -3.53. The Kier molecular flexibility index (Phi) is 7.34. The summed E-state index contributed by atoms with van der Waals surface area (Å²) in [5, 5.41) is 9.26. The van der Waals surface area contributed by atoms with Gasteiger partial charge in [-0.05, 0) is 37.5 Å². The fourth-order valence-corrected chi connectivity index (χ4v) is 3.29. The quantitative estimate of drug-likeness (QED) is 0.671. The molecule has 0 bridgehead atoms. The summed E-state index contributed by atoms with van der Waals surface area (Å²) in [5.74, 6) is -0.509. The monoisotopic (exact) mass is 329 g/mol. The minimum absolute atomic E-state index is 0.0189. The topological polar surface area (TPSA) is 92.7 Å². The third-order valence-electron chi connectivity index (χ3n) is 3.04. The Morgan fingerprint density at radius 2 is 1.91 bits per heavy atom. The van der Waals surface area contributed by atoms with Crippen molar-refractivity contribution in [2.45, 2.75) is 39.2 Å². The molecule has 0 aliphatic heterocycles. The van der Waals surface area contributed by atoms with Crippen molar-refractivity contribution in [1.29, 1.82) is 0 Å². The number of benzene rings is 1. The molecule has 1 aromatic rings. The van der Waals surface area contributed by atoms with Crippen LogP contribution in [0.25, 0.3) is 0 Å². The number of carbonyl (C=O) groups excluding carboxylic acids is 1. The molecule has 1 rings (SSSR count). The number of hydrogen-bond donors (Lipinski definition) is 2. The molecular formula is C15H23NO5S. The van der Waals surface area contributed by atoms with E-state index in [2.05, 4.69) is 4.72 Å². The van der Waals surface area contributed by atoms with Gasteiger partial charge in [0.25, 0.3) is 0 Å². The normalized spacial score (nSPS) is 12.8. The Morgan fingerprint density at radius 3 is 2.45 bits per heavy atom. The molecule has 0 amide bonds. The van der Waals surface area contributed by atoms with E-state index in [0.717, 1.165) is 12.0 Å². The molecule has 2 N–H and O–H groups in total. The molecule has 1 unspecified atom stereocenters. The first-order valence-corrected chi connectivity index (χ1v) is 8.97. The first-order chi connectivity index (χ1) is 10.4. The molecule has 0 fully saturated rings. The molecule has 0 saturated heterocycles. The number of carbonyl (C=O) groups is 1. The second kappa shape index (κ2) is 8.75.